The van der Waals surface area contributed by atoms with Gasteiger partial charge in [-0.3, -0.25) is 9.78 Å². The SMILES string of the molecule is CC(N)C(=O)c1nccc2ccccc12. The molecule has 2 N–H and O–H groups in total. The van der Waals surface area contributed by atoms with Crippen LogP contribution in [0.15, 0.2) is 36.5 Å². The topological polar surface area (TPSA) is 56.0 Å². The Morgan fingerprint density at radius 3 is 2.80 bits per heavy atom. The second-order valence-electron chi connectivity index (χ2n) is 3.53. The molecule has 1 aromatic heterocycles. The first kappa shape index (κ1) is 9.80. The molecular weight excluding hydrogens is 188 g/mol. The molecule has 0 saturated heterocycles. The molecule has 2 rings (SSSR count). The van der Waals surface area contributed by atoms with Crippen LogP contribution in [0.5, 0.6) is 0 Å². The number of fused-ring (bicyclic) bond motifs is 1. The number of ketones is 1. The van der Waals surface area contributed by atoms with E-state index in [1.54, 1.807) is 13.1 Å². The van der Waals surface area contributed by atoms with Crippen LogP contribution in [0.2, 0.25) is 0 Å². The summed E-state index contributed by atoms with van der Waals surface area (Å²) in [4.78, 5) is 15.9. The average Bonchev–Trinajstić information content (AvgIpc) is 2.27. The minimum atomic E-state index is -0.511. The number of nitrogens with zero attached hydrogens (tertiary/aromatic N) is 1. The van der Waals surface area contributed by atoms with E-state index >= 15 is 0 Å². The monoisotopic (exact) mass is 200 g/mol. The molecule has 3 nitrogen and oxygen atoms in total. The Morgan fingerprint density at radius 1 is 1.33 bits per heavy atom. The third kappa shape index (κ3) is 1.74. The van der Waals surface area contributed by atoms with Gasteiger partial charge in [0.25, 0.3) is 0 Å². The lowest BCUT2D eigenvalue weighted by molar-refractivity contribution is 0.0965. The summed E-state index contributed by atoms with van der Waals surface area (Å²) in [6.07, 6.45) is 1.64. The second kappa shape index (κ2) is 3.79. The Kier molecular flexibility index (Phi) is 2.47. The number of nitrogens with two attached hydrogens (primary N) is 1. The zero-order valence-corrected chi connectivity index (χ0v) is 8.47. The number of benzene rings is 1. The first-order valence-electron chi connectivity index (χ1n) is 4.83. The summed E-state index contributed by atoms with van der Waals surface area (Å²) in [5.74, 6) is -0.119. The van der Waals surface area contributed by atoms with Crippen LogP contribution >= 0.6 is 0 Å². The van der Waals surface area contributed by atoms with Crippen LogP contribution in [-0.2, 0) is 0 Å². The number of carbonyl (C=O) groups excluding carboxylic acids is 1. The standard InChI is InChI=1S/C12H12N2O/c1-8(13)12(15)11-10-5-3-2-4-9(10)6-7-14-11/h2-8H,13H2,1H3. The molecule has 0 spiro atoms. The van der Waals surface area contributed by atoms with Crippen LogP contribution in [0.25, 0.3) is 10.8 Å². The number of Topliss-reactive ketones (excluding diaryl/α,β-unsaturated/α-hetero) is 1. The Labute approximate surface area is 87.9 Å². The Bertz CT molecular complexity index is 500. The van der Waals surface area contributed by atoms with E-state index in [2.05, 4.69) is 4.98 Å². The number of hydrogen-bond donors (Lipinski definition) is 1. The smallest absolute Gasteiger partial charge is 0.198 e. The molecule has 1 unspecified atom stereocenters. The van der Waals surface area contributed by atoms with Gasteiger partial charge >= 0.3 is 0 Å². The maximum Gasteiger partial charge on any atom is 0.198 e. The maximum absolute atomic E-state index is 11.8. The quantitative estimate of drug-likeness (QED) is 0.751. The predicted molar refractivity (Wildman–Crippen MR) is 59.7 cm³/mol. The highest BCUT2D eigenvalue weighted by molar-refractivity contribution is 6.08. The van der Waals surface area contributed by atoms with Crippen molar-refractivity contribution >= 4 is 16.6 Å². The van der Waals surface area contributed by atoms with Crippen molar-refractivity contribution in [2.45, 2.75) is 13.0 Å². The molecule has 0 radical (unpaired) electrons. The van der Waals surface area contributed by atoms with Gasteiger partial charge in [-0.25, -0.2) is 0 Å². The molecule has 1 heterocycles. The van der Waals surface area contributed by atoms with E-state index in [9.17, 15) is 4.79 Å². The minimum absolute atomic E-state index is 0.119. The predicted octanol–water partition coefficient (Wildman–Crippen LogP) is 1.76. The molecule has 3 heteroatoms. The van der Waals surface area contributed by atoms with E-state index in [0.29, 0.717) is 5.69 Å². The minimum Gasteiger partial charge on any atom is -0.321 e. The van der Waals surface area contributed by atoms with E-state index in [1.807, 2.05) is 30.3 Å². The number of carbonyl (C=O) groups is 1. The Balaban J connectivity index is 2.66. The largest absolute Gasteiger partial charge is 0.321 e. The molecule has 0 aliphatic rings. The molecular formula is C12H12N2O. The van der Waals surface area contributed by atoms with Crippen LogP contribution in [-0.4, -0.2) is 16.8 Å². The van der Waals surface area contributed by atoms with Crippen LogP contribution in [0, 0.1) is 0 Å². The molecule has 0 fully saturated rings. The number of aromatic nitrogens is 1. The van der Waals surface area contributed by atoms with E-state index in [-0.39, 0.29) is 5.78 Å². The van der Waals surface area contributed by atoms with E-state index in [0.717, 1.165) is 10.8 Å². The molecule has 0 saturated carbocycles. The summed E-state index contributed by atoms with van der Waals surface area (Å²) in [6, 6.07) is 9.04. The van der Waals surface area contributed by atoms with Gasteiger partial charge < -0.3 is 5.73 Å². The van der Waals surface area contributed by atoms with Crippen molar-refractivity contribution in [2.75, 3.05) is 0 Å². The van der Waals surface area contributed by atoms with Crippen molar-refractivity contribution in [3.05, 3.63) is 42.2 Å². The third-order valence-corrected chi connectivity index (χ3v) is 2.32. The van der Waals surface area contributed by atoms with Crippen molar-refractivity contribution in [1.29, 1.82) is 0 Å². The van der Waals surface area contributed by atoms with Gasteiger partial charge in [0.05, 0.1) is 6.04 Å². The van der Waals surface area contributed by atoms with Crippen molar-refractivity contribution in [1.82, 2.24) is 4.98 Å². The lowest BCUT2D eigenvalue weighted by atomic mass is 10.0. The lowest BCUT2D eigenvalue weighted by Gasteiger charge is -2.06. The Hall–Kier alpha value is -1.74. The van der Waals surface area contributed by atoms with Crippen molar-refractivity contribution in [3.63, 3.8) is 0 Å². The molecule has 15 heavy (non-hydrogen) atoms. The third-order valence-electron chi connectivity index (χ3n) is 2.32. The molecule has 0 aliphatic carbocycles. The van der Waals surface area contributed by atoms with Crippen molar-refractivity contribution < 1.29 is 4.79 Å². The number of pyridine rings is 1. The van der Waals surface area contributed by atoms with Gasteiger partial charge in [-0.05, 0) is 18.4 Å². The summed E-state index contributed by atoms with van der Waals surface area (Å²) >= 11 is 0. The fourth-order valence-corrected chi connectivity index (χ4v) is 1.53. The highest BCUT2D eigenvalue weighted by Gasteiger charge is 2.14. The molecule has 1 atom stereocenters. The number of rotatable bonds is 2. The Morgan fingerprint density at radius 2 is 2.07 bits per heavy atom. The van der Waals surface area contributed by atoms with Gasteiger partial charge in [0.1, 0.15) is 5.69 Å². The van der Waals surface area contributed by atoms with Crippen molar-refractivity contribution in [3.8, 4) is 0 Å². The molecule has 1 aromatic carbocycles. The van der Waals surface area contributed by atoms with Gasteiger partial charge in [-0.1, -0.05) is 24.3 Å². The molecule has 0 bridgehead atoms. The van der Waals surface area contributed by atoms with Gasteiger partial charge in [-0.15, -0.1) is 0 Å². The highest BCUT2D eigenvalue weighted by atomic mass is 16.1. The number of hydrogen-bond acceptors (Lipinski definition) is 3. The summed E-state index contributed by atoms with van der Waals surface area (Å²) < 4.78 is 0. The van der Waals surface area contributed by atoms with Gasteiger partial charge in [-0.2, -0.15) is 0 Å². The van der Waals surface area contributed by atoms with E-state index in [4.69, 9.17) is 5.73 Å². The van der Waals surface area contributed by atoms with Gasteiger partial charge in [0, 0.05) is 11.6 Å². The summed E-state index contributed by atoms with van der Waals surface area (Å²) in [7, 11) is 0. The molecule has 0 aliphatic heterocycles. The van der Waals surface area contributed by atoms with E-state index in [1.165, 1.54) is 0 Å². The molecule has 0 amide bonds. The average molecular weight is 200 g/mol. The van der Waals surface area contributed by atoms with Gasteiger partial charge in [0.15, 0.2) is 5.78 Å². The first-order valence-corrected chi connectivity index (χ1v) is 4.83. The van der Waals surface area contributed by atoms with Crippen LogP contribution in [0.1, 0.15) is 17.4 Å². The van der Waals surface area contributed by atoms with Crippen LogP contribution in [0.4, 0.5) is 0 Å². The summed E-state index contributed by atoms with van der Waals surface area (Å²) in [5.41, 5.74) is 6.03. The van der Waals surface area contributed by atoms with E-state index < -0.39 is 6.04 Å². The molecule has 76 valence electrons. The zero-order valence-electron chi connectivity index (χ0n) is 8.47. The van der Waals surface area contributed by atoms with Crippen molar-refractivity contribution in [2.24, 2.45) is 5.73 Å². The zero-order chi connectivity index (χ0) is 10.8. The summed E-state index contributed by atoms with van der Waals surface area (Å²) in [5, 5.41) is 1.87. The highest BCUT2D eigenvalue weighted by Crippen LogP contribution is 2.17. The molecule has 2 aromatic rings. The van der Waals surface area contributed by atoms with Crippen LogP contribution in [0.3, 0.4) is 0 Å². The fourth-order valence-electron chi connectivity index (χ4n) is 1.53. The van der Waals surface area contributed by atoms with Crippen LogP contribution < -0.4 is 5.73 Å². The summed E-state index contributed by atoms with van der Waals surface area (Å²) in [6.45, 7) is 1.67. The second-order valence-corrected chi connectivity index (χ2v) is 3.53. The van der Waals surface area contributed by atoms with Gasteiger partial charge in [0.2, 0.25) is 0 Å². The lowest BCUT2D eigenvalue weighted by Crippen LogP contribution is -2.27. The normalized spacial score (nSPS) is 12.7. The fraction of sp³-hybridized carbons (Fsp3) is 0.167. The first-order chi connectivity index (χ1) is 7.20. The maximum atomic E-state index is 11.8.